The van der Waals surface area contributed by atoms with Crippen molar-refractivity contribution in [3.63, 3.8) is 0 Å². The van der Waals surface area contributed by atoms with Crippen LogP contribution >= 0.6 is 0 Å². The van der Waals surface area contributed by atoms with Gasteiger partial charge < -0.3 is 14.4 Å². The van der Waals surface area contributed by atoms with Gasteiger partial charge in [-0.15, -0.1) is 54.1 Å². The molecule has 0 aliphatic heterocycles. The molecule has 0 N–H and O–H groups in total. The smallest absolute Gasteiger partial charge is 0.120 e. The fraction of sp³-hybridized carbons (Fsp3) is 0.125. The zero-order valence-corrected chi connectivity index (χ0v) is 22.8. The standard InChI is InChI=1S/C17H10NO.C15H16N.Ir/c1-2-10-16-12(6-1)13-7-5-8-14(17(13)19-16)15-9-3-4-11-18-15;1-11(2)14-10-16-15(9-12(14)3)13-7-5-4-6-8-13;/h1-7,9-11H;4-7,9-11H,1-3H3;/q2*-1;. The summed E-state index contributed by atoms with van der Waals surface area (Å²) < 4.78 is 5.97. The number of aromatic nitrogens is 2. The van der Waals surface area contributed by atoms with Crippen molar-refractivity contribution in [2.45, 2.75) is 26.7 Å². The van der Waals surface area contributed by atoms with Crippen molar-refractivity contribution in [2.24, 2.45) is 0 Å². The molecular weight excluding hydrogens is 621 g/mol. The van der Waals surface area contributed by atoms with Crippen LogP contribution in [0.2, 0.25) is 0 Å². The fourth-order valence-electron chi connectivity index (χ4n) is 4.26. The average molecular weight is 647 g/mol. The summed E-state index contributed by atoms with van der Waals surface area (Å²) in [6.45, 7) is 6.53. The summed E-state index contributed by atoms with van der Waals surface area (Å²) in [6, 6.07) is 34.4. The predicted molar refractivity (Wildman–Crippen MR) is 143 cm³/mol. The summed E-state index contributed by atoms with van der Waals surface area (Å²) in [5.74, 6) is 0.529. The molecular formula is C32H26IrN2O-2. The predicted octanol–water partition coefficient (Wildman–Crippen LogP) is 8.43. The molecule has 1 radical (unpaired) electrons. The van der Waals surface area contributed by atoms with E-state index in [0.29, 0.717) is 5.92 Å². The van der Waals surface area contributed by atoms with Crippen LogP contribution in [0.3, 0.4) is 0 Å². The normalized spacial score (nSPS) is 10.7. The first-order valence-electron chi connectivity index (χ1n) is 11.8. The summed E-state index contributed by atoms with van der Waals surface area (Å²) in [7, 11) is 0. The number of fused-ring (bicyclic) bond motifs is 3. The molecule has 0 aliphatic rings. The maximum Gasteiger partial charge on any atom is 0.120 e. The monoisotopic (exact) mass is 647 g/mol. The second-order valence-corrected chi connectivity index (χ2v) is 8.77. The summed E-state index contributed by atoms with van der Waals surface area (Å²) in [5.41, 5.74) is 8.22. The minimum atomic E-state index is 0. The minimum absolute atomic E-state index is 0. The van der Waals surface area contributed by atoms with Crippen LogP contribution in [0.15, 0.2) is 102 Å². The Morgan fingerprint density at radius 1 is 0.778 bits per heavy atom. The van der Waals surface area contributed by atoms with Gasteiger partial charge in [0.15, 0.2) is 0 Å². The maximum atomic E-state index is 5.97. The molecule has 0 amide bonds. The van der Waals surface area contributed by atoms with Crippen molar-refractivity contribution in [1.29, 1.82) is 0 Å². The third-order valence-electron chi connectivity index (χ3n) is 6.02. The van der Waals surface area contributed by atoms with Gasteiger partial charge in [0.1, 0.15) is 5.58 Å². The first kappa shape index (κ1) is 25.5. The van der Waals surface area contributed by atoms with E-state index in [1.807, 2.05) is 79.0 Å². The van der Waals surface area contributed by atoms with Crippen LogP contribution in [-0.2, 0) is 20.1 Å². The van der Waals surface area contributed by atoms with Crippen LogP contribution in [-0.4, -0.2) is 9.97 Å². The van der Waals surface area contributed by atoms with Gasteiger partial charge in [-0.05, 0) is 41.9 Å². The number of aryl methyl sites for hydroxylation is 1. The third-order valence-corrected chi connectivity index (χ3v) is 6.02. The molecule has 3 heterocycles. The number of hydrogen-bond acceptors (Lipinski definition) is 3. The zero-order valence-electron chi connectivity index (χ0n) is 20.5. The van der Waals surface area contributed by atoms with E-state index in [0.717, 1.165) is 44.5 Å². The van der Waals surface area contributed by atoms with Crippen LogP contribution in [0.4, 0.5) is 0 Å². The molecule has 0 aliphatic carbocycles. The van der Waals surface area contributed by atoms with Crippen molar-refractivity contribution >= 4 is 21.9 Å². The van der Waals surface area contributed by atoms with Crippen LogP contribution in [0.1, 0.15) is 30.9 Å². The molecule has 0 bridgehead atoms. The SMILES string of the molecule is Cc1cc(-c2[c-]cccc2)ncc1C(C)C.[Ir].[c-]1ccc2c(oc3ccccc32)c1-c1ccccn1. The Morgan fingerprint density at radius 3 is 2.31 bits per heavy atom. The topological polar surface area (TPSA) is 38.9 Å². The summed E-state index contributed by atoms with van der Waals surface area (Å²) >= 11 is 0. The van der Waals surface area contributed by atoms with Crippen LogP contribution < -0.4 is 0 Å². The Kier molecular flexibility index (Phi) is 8.10. The van der Waals surface area contributed by atoms with E-state index in [9.17, 15) is 0 Å². The number of para-hydroxylation sites is 1. The van der Waals surface area contributed by atoms with Crippen LogP contribution in [0.25, 0.3) is 44.5 Å². The first-order valence-corrected chi connectivity index (χ1v) is 11.8. The van der Waals surface area contributed by atoms with E-state index in [-0.39, 0.29) is 20.1 Å². The number of furan rings is 1. The van der Waals surface area contributed by atoms with Crippen LogP contribution in [0, 0.1) is 19.1 Å². The average Bonchev–Trinajstić information content (AvgIpc) is 3.29. The number of rotatable bonds is 3. The molecule has 0 unspecified atom stereocenters. The summed E-state index contributed by atoms with van der Waals surface area (Å²) in [4.78, 5) is 8.88. The van der Waals surface area contributed by atoms with Gasteiger partial charge >= 0.3 is 0 Å². The Labute approximate surface area is 225 Å². The Morgan fingerprint density at radius 2 is 1.58 bits per heavy atom. The van der Waals surface area contributed by atoms with E-state index >= 15 is 0 Å². The van der Waals surface area contributed by atoms with Gasteiger partial charge in [-0.2, -0.15) is 0 Å². The Hall–Kier alpha value is -3.59. The van der Waals surface area contributed by atoms with Crippen molar-refractivity contribution in [3.05, 3.63) is 121 Å². The van der Waals surface area contributed by atoms with Gasteiger partial charge in [-0.25, -0.2) is 0 Å². The van der Waals surface area contributed by atoms with Gasteiger partial charge in [0.05, 0.1) is 5.58 Å². The molecule has 3 aromatic carbocycles. The minimum Gasteiger partial charge on any atom is -0.501 e. The molecule has 3 nitrogen and oxygen atoms in total. The second kappa shape index (κ2) is 11.4. The molecule has 6 rings (SSSR count). The third kappa shape index (κ3) is 5.31. The van der Waals surface area contributed by atoms with Crippen molar-refractivity contribution in [2.75, 3.05) is 0 Å². The van der Waals surface area contributed by atoms with Gasteiger partial charge in [0.25, 0.3) is 0 Å². The largest absolute Gasteiger partial charge is 0.501 e. The van der Waals surface area contributed by atoms with Crippen molar-refractivity contribution in [3.8, 4) is 22.5 Å². The molecule has 4 heteroatoms. The number of nitrogens with zero attached hydrogens (tertiary/aromatic N) is 2. The molecule has 181 valence electrons. The summed E-state index contributed by atoms with van der Waals surface area (Å²) in [5, 5.41) is 2.23. The quantitative estimate of drug-likeness (QED) is 0.181. The van der Waals surface area contributed by atoms with Crippen molar-refractivity contribution < 1.29 is 24.5 Å². The molecule has 3 aromatic heterocycles. The van der Waals surface area contributed by atoms with Gasteiger partial charge in [0, 0.05) is 37.9 Å². The first-order chi connectivity index (χ1) is 17.1. The van der Waals surface area contributed by atoms with Crippen LogP contribution in [0.5, 0.6) is 0 Å². The Balaban J connectivity index is 0.000000167. The molecule has 6 aromatic rings. The van der Waals surface area contributed by atoms with E-state index in [1.54, 1.807) is 6.20 Å². The zero-order chi connectivity index (χ0) is 24.2. The van der Waals surface area contributed by atoms with E-state index in [1.165, 1.54) is 11.1 Å². The molecule has 0 saturated carbocycles. The number of pyridine rings is 2. The Bertz CT molecular complexity index is 1570. The number of hydrogen-bond donors (Lipinski definition) is 0. The van der Waals surface area contributed by atoms with Crippen molar-refractivity contribution in [1.82, 2.24) is 9.97 Å². The summed E-state index contributed by atoms with van der Waals surface area (Å²) in [6.07, 6.45) is 3.76. The van der Waals surface area contributed by atoms with E-state index in [4.69, 9.17) is 4.42 Å². The van der Waals surface area contributed by atoms with E-state index in [2.05, 4.69) is 55.0 Å². The number of benzene rings is 3. The van der Waals surface area contributed by atoms with Gasteiger partial charge in [0.2, 0.25) is 0 Å². The molecule has 0 fully saturated rings. The molecule has 0 spiro atoms. The second-order valence-electron chi connectivity index (χ2n) is 8.77. The molecule has 0 atom stereocenters. The molecule has 0 saturated heterocycles. The van der Waals surface area contributed by atoms with Gasteiger partial charge in [-0.3, -0.25) is 0 Å². The maximum absolute atomic E-state index is 5.97. The van der Waals surface area contributed by atoms with E-state index < -0.39 is 0 Å². The van der Waals surface area contributed by atoms with Gasteiger partial charge in [-0.1, -0.05) is 66.8 Å². The molecule has 36 heavy (non-hydrogen) atoms. The fourth-order valence-corrected chi connectivity index (χ4v) is 4.26.